The van der Waals surface area contributed by atoms with E-state index in [1.165, 1.54) is 39.0 Å². The fourth-order valence-corrected chi connectivity index (χ4v) is 3.84. The number of nitrogens with one attached hydrogen (secondary N) is 1. The summed E-state index contributed by atoms with van der Waals surface area (Å²) in [5, 5.41) is 3.77. The maximum absolute atomic E-state index is 6.61. The van der Waals surface area contributed by atoms with Gasteiger partial charge in [-0.25, -0.2) is 0 Å². The molecule has 1 unspecified atom stereocenters. The molecule has 3 aliphatic rings. The highest BCUT2D eigenvalue weighted by atomic mass is 16.5. The van der Waals surface area contributed by atoms with Crippen LogP contribution in [0.2, 0.25) is 0 Å². The van der Waals surface area contributed by atoms with Crippen LogP contribution < -0.4 is 5.32 Å². The minimum Gasteiger partial charge on any atom is -0.356 e. The molecule has 2 aliphatic heterocycles. The van der Waals surface area contributed by atoms with Gasteiger partial charge in [0.05, 0.1) is 6.10 Å². The fourth-order valence-electron chi connectivity index (χ4n) is 3.84. The molecule has 0 aromatic heterocycles. The van der Waals surface area contributed by atoms with E-state index >= 15 is 0 Å². The maximum atomic E-state index is 6.61. The molecular formula is C15H28N2O. The third-order valence-corrected chi connectivity index (χ3v) is 5.33. The standard InChI is InChI=1S/C15H28N2O/c1-4-17-9-7-15(8-10-17)16-11-14(5-6-14)13(18-15)12(2)3/h12-13,16H,4-11H2,1-3H3. The van der Waals surface area contributed by atoms with Gasteiger partial charge >= 0.3 is 0 Å². The van der Waals surface area contributed by atoms with E-state index in [1.54, 1.807) is 0 Å². The fraction of sp³-hybridized carbons (Fsp3) is 1.00. The van der Waals surface area contributed by atoms with Gasteiger partial charge in [-0.05, 0) is 25.3 Å². The Kier molecular flexibility index (Phi) is 3.20. The molecule has 3 rings (SSSR count). The summed E-state index contributed by atoms with van der Waals surface area (Å²) in [6.45, 7) is 11.6. The Morgan fingerprint density at radius 3 is 2.39 bits per heavy atom. The lowest BCUT2D eigenvalue weighted by atomic mass is 9.85. The first-order chi connectivity index (χ1) is 8.59. The number of piperidine rings is 1. The first-order valence-corrected chi connectivity index (χ1v) is 7.74. The summed E-state index contributed by atoms with van der Waals surface area (Å²) in [4.78, 5) is 2.53. The Labute approximate surface area is 111 Å². The maximum Gasteiger partial charge on any atom is 0.122 e. The average Bonchev–Trinajstić information content (AvgIpc) is 3.15. The van der Waals surface area contributed by atoms with E-state index in [1.807, 2.05) is 0 Å². The van der Waals surface area contributed by atoms with Gasteiger partial charge in [-0.15, -0.1) is 0 Å². The normalized spacial score (nSPS) is 34.3. The number of likely N-dealkylation sites (tertiary alicyclic amines) is 1. The molecule has 1 aliphatic carbocycles. The van der Waals surface area contributed by atoms with Gasteiger partial charge in [0.25, 0.3) is 0 Å². The summed E-state index contributed by atoms with van der Waals surface area (Å²) in [5.74, 6) is 0.649. The Morgan fingerprint density at radius 2 is 1.89 bits per heavy atom. The predicted molar refractivity (Wildman–Crippen MR) is 73.5 cm³/mol. The summed E-state index contributed by atoms with van der Waals surface area (Å²) < 4.78 is 6.61. The molecule has 2 spiro atoms. The minimum absolute atomic E-state index is 0.00551. The Bertz CT molecular complexity index is 304. The van der Waals surface area contributed by atoms with Crippen molar-refractivity contribution in [2.24, 2.45) is 11.3 Å². The van der Waals surface area contributed by atoms with Crippen molar-refractivity contribution in [1.29, 1.82) is 0 Å². The third kappa shape index (κ3) is 2.10. The van der Waals surface area contributed by atoms with Crippen LogP contribution in [0.3, 0.4) is 0 Å². The minimum atomic E-state index is -0.00551. The van der Waals surface area contributed by atoms with Crippen LogP contribution in [0.5, 0.6) is 0 Å². The zero-order chi connectivity index (χ0) is 12.8. The van der Waals surface area contributed by atoms with Crippen LogP contribution in [0.1, 0.15) is 46.5 Å². The molecule has 1 N–H and O–H groups in total. The SMILES string of the molecule is CCN1CCC2(CC1)NCC1(CC1)C(C(C)C)O2. The highest BCUT2D eigenvalue weighted by molar-refractivity contribution is 5.07. The van der Waals surface area contributed by atoms with Crippen LogP contribution in [0.15, 0.2) is 0 Å². The molecule has 3 nitrogen and oxygen atoms in total. The van der Waals surface area contributed by atoms with Crippen LogP contribution in [-0.4, -0.2) is 42.9 Å². The van der Waals surface area contributed by atoms with E-state index < -0.39 is 0 Å². The van der Waals surface area contributed by atoms with Gasteiger partial charge in [0.15, 0.2) is 0 Å². The van der Waals surface area contributed by atoms with Crippen molar-refractivity contribution in [2.75, 3.05) is 26.2 Å². The molecule has 0 amide bonds. The van der Waals surface area contributed by atoms with Crippen molar-refractivity contribution in [3.8, 4) is 0 Å². The lowest BCUT2D eigenvalue weighted by molar-refractivity contribution is -0.205. The van der Waals surface area contributed by atoms with Gasteiger partial charge in [0, 0.05) is 37.9 Å². The second-order valence-electron chi connectivity index (χ2n) is 6.93. The van der Waals surface area contributed by atoms with Crippen LogP contribution >= 0.6 is 0 Å². The average molecular weight is 252 g/mol. The van der Waals surface area contributed by atoms with Gasteiger partial charge in [-0.1, -0.05) is 20.8 Å². The highest BCUT2D eigenvalue weighted by Crippen LogP contribution is 2.55. The molecule has 3 fully saturated rings. The van der Waals surface area contributed by atoms with Crippen molar-refractivity contribution in [3.05, 3.63) is 0 Å². The molecule has 18 heavy (non-hydrogen) atoms. The molecule has 2 heterocycles. The van der Waals surface area contributed by atoms with Crippen LogP contribution in [0.25, 0.3) is 0 Å². The molecule has 104 valence electrons. The summed E-state index contributed by atoms with van der Waals surface area (Å²) >= 11 is 0. The number of nitrogens with zero attached hydrogens (tertiary/aromatic N) is 1. The second kappa shape index (κ2) is 4.46. The topological polar surface area (TPSA) is 24.5 Å². The molecular weight excluding hydrogens is 224 g/mol. The van der Waals surface area contributed by atoms with E-state index in [0.29, 0.717) is 17.4 Å². The molecule has 0 bridgehead atoms. The van der Waals surface area contributed by atoms with Gasteiger partial charge in [-0.2, -0.15) is 0 Å². The van der Waals surface area contributed by atoms with Gasteiger partial charge in [0.2, 0.25) is 0 Å². The van der Waals surface area contributed by atoms with Crippen LogP contribution in [-0.2, 0) is 4.74 Å². The van der Waals surface area contributed by atoms with E-state index in [-0.39, 0.29) is 5.72 Å². The molecule has 1 atom stereocenters. The second-order valence-corrected chi connectivity index (χ2v) is 6.93. The first-order valence-electron chi connectivity index (χ1n) is 7.74. The quantitative estimate of drug-likeness (QED) is 0.815. The first kappa shape index (κ1) is 12.9. The molecule has 0 aromatic rings. The van der Waals surface area contributed by atoms with Crippen LogP contribution in [0, 0.1) is 11.3 Å². The number of ether oxygens (including phenoxy) is 1. The summed E-state index contributed by atoms with van der Waals surface area (Å²) in [5.41, 5.74) is 0.482. The Hall–Kier alpha value is -0.120. The molecule has 0 radical (unpaired) electrons. The van der Waals surface area contributed by atoms with Gasteiger partial charge in [0.1, 0.15) is 5.72 Å². The summed E-state index contributed by atoms with van der Waals surface area (Å²) in [7, 11) is 0. The molecule has 2 saturated heterocycles. The van der Waals surface area contributed by atoms with E-state index in [0.717, 1.165) is 12.8 Å². The monoisotopic (exact) mass is 252 g/mol. The Balaban J connectivity index is 1.68. The zero-order valence-corrected chi connectivity index (χ0v) is 12.2. The highest BCUT2D eigenvalue weighted by Gasteiger charge is 2.57. The molecule has 0 aromatic carbocycles. The lowest BCUT2D eigenvalue weighted by Gasteiger charge is -2.51. The predicted octanol–water partition coefficient (Wildman–Crippen LogP) is 2.22. The summed E-state index contributed by atoms with van der Waals surface area (Å²) in [6, 6.07) is 0. The van der Waals surface area contributed by atoms with E-state index in [4.69, 9.17) is 4.74 Å². The summed E-state index contributed by atoms with van der Waals surface area (Å²) in [6.07, 6.45) is 5.51. The largest absolute Gasteiger partial charge is 0.356 e. The smallest absolute Gasteiger partial charge is 0.122 e. The van der Waals surface area contributed by atoms with E-state index in [2.05, 4.69) is 31.0 Å². The lowest BCUT2D eigenvalue weighted by Crippen LogP contribution is -2.63. The number of hydrogen-bond donors (Lipinski definition) is 1. The van der Waals surface area contributed by atoms with Crippen molar-refractivity contribution in [2.45, 2.75) is 58.3 Å². The Morgan fingerprint density at radius 1 is 1.22 bits per heavy atom. The number of hydrogen-bond acceptors (Lipinski definition) is 3. The van der Waals surface area contributed by atoms with Crippen molar-refractivity contribution >= 4 is 0 Å². The van der Waals surface area contributed by atoms with Crippen molar-refractivity contribution in [3.63, 3.8) is 0 Å². The zero-order valence-electron chi connectivity index (χ0n) is 12.2. The van der Waals surface area contributed by atoms with Crippen molar-refractivity contribution in [1.82, 2.24) is 10.2 Å². The van der Waals surface area contributed by atoms with Gasteiger partial charge in [-0.3, -0.25) is 5.32 Å². The molecule has 1 saturated carbocycles. The van der Waals surface area contributed by atoms with Crippen molar-refractivity contribution < 1.29 is 4.74 Å². The molecule has 3 heteroatoms. The van der Waals surface area contributed by atoms with E-state index in [9.17, 15) is 0 Å². The van der Waals surface area contributed by atoms with Crippen LogP contribution in [0.4, 0.5) is 0 Å². The van der Waals surface area contributed by atoms with Gasteiger partial charge < -0.3 is 9.64 Å². The number of rotatable bonds is 2. The third-order valence-electron chi connectivity index (χ3n) is 5.33.